The van der Waals surface area contributed by atoms with Gasteiger partial charge < -0.3 is 115 Å². The number of aliphatic imine (C=N–C) groups is 2. The van der Waals surface area contributed by atoms with Gasteiger partial charge in [0, 0.05) is 46.4 Å². The average Bonchev–Trinajstić information content (AvgIpc) is 2.95. The van der Waals surface area contributed by atoms with E-state index >= 15 is 0 Å². The number of carbonyl (C=O) groups excluding carboxylic acids is 8. The van der Waals surface area contributed by atoms with E-state index in [1.807, 2.05) is 0 Å². The molecule has 0 bridgehead atoms. The van der Waals surface area contributed by atoms with Crippen LogP contribution in [0.5, 0.6) is 0 Å². The molecule has 2 heterocycles. The van der Waals surface area contributed by atoms with Crippen molar-refractivity contribution >= 4 is 71.5 Å². The smallest absolute Gasteiger partial charge is 0.471 e. The number of alkyl carbamates (subject to hydrolysis) is 2. The molecule has 0 spiro atoms. The van der Waals surface area contributed by atoms with E-state index in [0.29, 0.717) is 51.4 Å². The number of guanidine groups is 2. The molecule has 474 valence electrons. The van der Waals surface area contributed by atoms with Gasteiger partial charge in [-0.25, -0.2) is 29.2 Å². The van der Waals surface area contributed by atoms with Crippen molar-refractivity contribution < 1.29 is 111 Å². The van der Waals surface area contributed by atoms with Gasteiger partial charge in [0.1, 0.15) is 18.2 Å². The van der Waals surface area contributed by atoms with Gasteiger partial charge in [-0.2, -0.15) is 13.2 Å². The standard InChI is InChI=1S/C47H75F3N14O20/c1-22(67)60-33-25(63-43(51)52)17-29(40(74)75)81-37(33)35(27(69)20-65)83-45(79)57-15-9-5-3-7-13-55-31(71)12-11-24(62-42(78)47(48,49)50)39(73)59-19-32(72)56-14-8-4-6-10-16-58-46(80)84-36(28(70)21-66)38-34(61-23(2)68)26(64-44(53)54)18-30(82-38)41(76)77/h17-18,24-28,33-38,65-66,69-70H,3-16,19-21H2,1-2H3,(H,55,71)(H,56,72)(H,57,79)(H,58,80)(H,59,73)(H,60,67)(H,61,68)(H,62,78)(H,74,75)(H,76,77)(H4,51,52,63)(H4,53,54,64)/t24?,25-,26-,27+,28+,33+,34+,35+,36+,37+,38+/m0/s1. The van der Waals surface area contributed by atoms with Crippen LogP contribution in [0.1, 0.15) is 78.1 Å². The summed E-state index contributed by atoms with van der Waals surface area (Å²) in [6.45, 7) is -0.293. The van der Waals surface area contributed by atoms with Crippen LogP contribution in [-0.2, 0) is 57.3 Å². The second kappa shape index (κ2) is 36.2. The number of nitrogens with one attached hydrogen (secondary N) is 8. The van der Waals surface area contributed by atoms with Crippen LogP contribution in [0.4, 0.5) is 22.8 Å². The zero-order chi connectivity index (χ0) is 63.3. The lowest BCUT2D eigenvalue weighted by Gasteiger charge is -2.39. The molecule has 1 unspecified atom stereocenters. The summed E-state index contributed by atoms with van der Waals surface area (Å²) in [6, 6.07) is -6.99. The maximum Gasteiger partial charge on any atom is 0.471 e. The molecule has 2 rings (SSSR count). The largest absolute Gasteiger partial charge is 0.477 e. The lowest BCUT2D eigenvalue weighted by molar-refractivity contribution is -0.174. The molecule has 22 N–H and O–H groups in total. The number of halogens is 3. The van der Waals surface area contributed by atoms with Crippen molar-refractivity contribution in [3.63, 3.8) is 0 Å². The zero-order valence-electron chi connectivity index (χ0n) is 45.8. The first kappa shape index (κ1) is 71.7. The second-order valence-corrected chi connectivity index (χ2v) is 18.8. The molecule has 0 radical (unpaired) electrons. The third kappa shape index (κ3) is 26.2. The normalized spacial score (nSPS) is 20.0. The van der Waals surface area contributed by atoms with Gasteiger partial charge in [-0.3, -0.25) is 28.8 Å². The van der Waals surface area contributed by atoms with Crippen molar-refractivity contribution in [3.8, 4) is 0 Å². The molecule has 8 amide bonds. The molecule has 0 aromatic carbocycles. The Balaban J connectivity index is 1.79. The third-order valence-corrected chi connectivity index (χ3v) is 12.0. The summed E-state index contributed by atoms with van der Waals surface area (Å²) in [4.78, 5) is 131. The van der Waals surface area contributed by atoms with Crippen LogP contribution >= 0.6 is 0 Å². The van der Waals surface area contributed by atoms with Gasteiger partial charge in [0.25, 0.3) is 0 Å². The number of hydrogen-bond acceptors (Lipinski definition) is 20. The Morgan fingerprint density at radius 1 is 0.607 bits per heavy atom. The zero-order valence-corrected chi connectivity index (χ0v) is 45.8. The van der Waals surface area contributed by atoms with Gasteiger partial charge in [0.05, 0.1) is 43.9 Å². The molecule has 37 heteroatoms. The molecule has 0 saturated heterocycles. The number of unbranched alkanes of at least 4 members (excludes halogenated alkanes) is 6. The van der Waals surface area contributed by atoms with Crippen LogP contribution in [0, 0.1) is 0 Å². The van der Waals surface area contributed by atoms with Crippen molar-refractivity contribution in [1.82, 2.24) is 42.5 Å². The number of nitrogens with two attached hydrogens (primary N) is 4. The van der Waals surface area contributed by atoms with E-state index in [1.165, 1.54) is 5.32 Å². The first-order valence-corrected chi connectivity index (χ1v) is 26.1. The minimum atomic E-state index is -5.39. The molecule has 0 aromatic heterocycles. The quantitative estimate of drug-likeness (QED) is 0.0160. The number of aliphatic hydroxyl groups excluding tert-OH is 4. The highest BCUT2D eigenvalue weighted by atomic mass is 19.4. The Kier molecular flexibility index (Phi) is 30.9. The Morgan fingerprint density at radius 2 is 0.988 bits per heavy atom. The lowest BCUT2D eigenvalue weighted by atomic mass is 9.92. The van der Waals surface area contributed by atoms with Crippen molar-refractivity contribution in [2.24, 2.45) is 32.9 Å². The summed E-state index contributed by atoms with van der Waals surface area (Å²) >= 11 is 0. The Morgan fingerprint density at radius 3 is 1.33 bits per heavy atom. The monoisotopic (exact) mass is 1210 g/mol. The number of aliphatic carboxylic acids is 2. The number of rotatable bonds is 35. The number of carboxylic acids is 2. The molecule has 0 aromatic rings. The van der Waals surface area contributed by atoms with E-state index < -0.39 is 189 Å². The van der Waals surface area contributed by atoms with Crippen LogP contribution in [0.15, 0.2) is 33.7 Å². The van der Waals surface area contributed by atoms with Gasteiger partial charge >= 0.3 is 36.2 Å². The van der Waals surface area contributed by atoms with Crippen LogP contribution in [-0.4, -0.2) is 221 Å². The predicted octanol–water partition coefficient (Wildman–Crippen LogP) is -5.79. The number of carbonyl (C=O) groups is 10. The molecule has 84 heavy (non-hydrogen) atoms. The van der Waals surface area contributed by atoms with Gasteiger partial charge in [-0.15, -0.1) is 0 Å². The molecule has 0 fully saturated rings. The third-order valence-electron chi connectivity index (χ3n) is 12.0. The van der Waals surface area contributed by atoms with E-state index in [0.717, 1.165) is 26.0 Å². The van der Waals surface area contributed by atoms with Gasteiger partial charge in [-0.1, -0.05) is 25.7 Å². The molecule has 0 aliphatic carbocycles. The van der Waals surface area contributed by atoms with Gasteiger partial charge in [-0.05, 0) is 44.3 Å². The Labute approximate surface area is 477 Å². The average molecular weight is 1210 g/mol. The van der Waals surface area contributed by atoms with E-state index in [2.05, 4.69) is 47.2 Å². The number of amides is 8. The van der Waals surface area contributed by atoms with E-state index in [9.17, 15) is 91.8 Å². The fraction of sp³-hybridized carbons (Fsp3) is 0.660. The Bertz CT molecular complexity index is 2390. The van der Waals surface area contributed by atoms with Crippen LogP contribution in [0.25, 0.3) is 0 Å². The number of carboxylic acid groups (broad SMARTS) is 2. The first-order valence-electron chi connectivity index (χ1n) is 26.1. The van der Waals surface area contributed by atoms with Crippen molar-refractivity contribution in [2.45, 2.75) is 151 Å². The minimum Gasteiger partial charge on any atom is -0.477 e. The Hall–Kier alpha value is -8.45. The van der Waals surface area contributed by atoms with E-state index in [-0.39, 0.29) is 26.2 Å². The van der Waals surface area contributed by atoms with E-state index in [1.54, 1.807) is 0 Å². The summed E-state index contributed by atoms with van der Waals surface area (Å²) in [5.74, 6) is -12.0. The second-order valence-electron chi connectivity index (χ2n) is 18.8. The number of nitrogens with zero attached hydrogens (tertiary/aromatic N) is 2. The number of ether oxygens (including phenoxy) is 4. The summed E-state index contributed by atoms with van der Waals surface area (Å²) in [5, 5.41) is 78.2. The van der Waals surface area contributed by atoms with Gasteiger partial charge in [0.15, 0.2) is 36.3 Å². The minimum absolute atomic E-state index is 0.00261. The number of aliphatic hydroxyl groups is 4. The highest BCUT2D eigenvalue weighted by Crippen LogP contribution is 2.28. The van der Waals surface area contributed by atoms with Crippen molar-refractivity contribution in [3.05, 3.63) is 23.7 Å². The molecular formula is C47H75F3N14O20. The highest BCUT2D eigenvalue weighted by Gasteiger charge is 2.48. The summed E-state index contributed by atoms with van der Waals surface area (Å²) in [5.41, 5.74) is 21.9. The van der Waals surface area contributed by atoms with Gasteiger partial charge in [0.2, 0.25) is 41.1 Å². The summed E-state index contributed by atoms with van der Waals surface area (Å²) in [7, 11) is 0. The number of alkyl halides is 3. The SMILES string of the molecule is CC(=O)N[C@H]1[C@H]([C@H](OC(=O)NCCCCCCNC(=O)CCC(NC(=O)C(F)(F)F)C(=O)NCC(=O)NCCCCCCNC(=O)O[C@@H]([C@@H]2OC(C(=O)O)=C[C@H](N=C(N)N)[C@H]2NC(C)=O)[C@H](O)CO)[C@H](O)CO)OC(C(=O)O)=C[C@@H]1N=C(N)N. The molecular weight excluding hydrogens is 1140 g/mol. The molecule has 11 atom stereocenters. The topological polar surface area (TPSA) is 554 Å². The highest BCUT2D eigenvalue weighted by molar-refractivity contribution is 5.92. The van der Waals surface area contributed by atoms with Crippen LogP contribution in [0.2, 0.25) is 0 Å². The first-order chi connectivity index (χ1) is 39.5. The fourth-order valence-electron chi connectivity index (χ4n) is 8.13. The lowest BCUT2D eigenvalue weighted by Crippen LogP contribution is -2.61. The molecule has 2 aliphatic heterocycles. The molecule has 34 nitrogen and oxygen atoms in total. The van der Waals surface area contributed by atoms with Crippen LogP contribution in [0.3, 0.4) is 0 Å². The van der Waals surface area contributed by atoms with Crippen molar-refractivity contribution in [2.75, 3.05) is 45.9 Å². The maximum atomic E-state index is 13.1. The van der Waals surface area contributed by atoms with Crippen molar-refractivity contribution in [1.29, 1.82) is 0 Å². The van der Waals surface area contributed by atoms with E-state index in [4.69, 9.17) is 41.9 Å². The van der Waals surface area contributed by atoms with Crippen LogP contribution < -0.4 is 65.5 Å². The molecule has 2 aliphatic rings. The fourth-order valence-corrected chi connectivity index (χ4v) is 8.13. The maximum absolute atomic E-state index is 13.1. The predicted molar refractivity (Wildman–Crippen MR) is 282 cm³/mol. The number of hydrogen-bond donors (Lipinski definition) is 18. The summed E-state index contributed by atoms with van der Waals surface area (Å²) < 4.78 is 61.0. The summed E-state index contributed by atoms with van der Waals surface area (Å²) in [6.07, 6.45) is -13.9. The molecule has 0 saturated carbocycles.